The van der Waals surface area contributed by atoms with Crippen molar-refractivity contribution in [3.8, 4) is 11.1 Å². The summed E-state index contributed by atoms with van der Waals surface area (Å²) in [6.07, 6.45) is 11.3. The fourth-order valence-corrected chi connectivity index (χ4v) is 11.1. The quantitative estimate of drug-likeness (QED) is 0.0255. The van der Waals surface area contributed by atoms with E-state index in [4.69, 9.17) is 24.1 Å². The molecule has 1 aliphatic carbocycles. The fourth-order valence-electron chi connectivity index (χ4n) is 9.54. The van der Waals surface area contributed by atoms with E-state index in [1.54, 1.807) is 0 Å². The van der Waals surface area contributed by atoms with Crippen LogP contribution in [0.4, 0.5) is 14.4 Å². The van der Waals surface area contributed by atoms with Crippen molar-refractivity contribution in [1.29, 1.82) is 0 Å². The Labute approximate surface area is 447 Å². The van der Waals surface area contributed by atoms with Crippen LogP contribution in [0.15, 0.2) is 48.5 Å². The predicted molar refractivity (Wildman–Crippen MR) is 288 cm³/mol. The van der Waals surface area contributed by atoms with Crippen LogP contribution < -0.4 is 37.2 Å². The SMILES string of the molecule is O=C(CCCCOCCOCCOCCCNC(=O)[C@H](CCCCNC(=O)CCCCCNC(=O)CCCCCNC(=O)O)NC(=O)OCC1c2ccccc2-c2ccccc21)CCCC[C@@H]1SC[C@@H]2NC(=O)N[C@@H]21. The van der Waals surface area contributed by atoms with Crippen molar-refractivity contribution in [1.82, 2.24) is 37.2 Å². The molecular weight excluding hydrogens is 983 g/mol. The first-order chi connectivity index (χ1) is 36.6. The standard InChI is InChI=1S/C55H83N7O12S/c63-40(18-5-10-25-48-51-47(39-75-48)60-53(67)62-51)19-12-16-32-71-34-36-73-37-35-72-33-17-31-58-52(66)46(61-55(70)74-38-45-43-22-8-6-20-41(43)42-21-7-9-23-44(42)45)24-11-15-29-57-50(65)26-3-1-13-28-56-49(64)27-4-2-14-30-59-54(68)69/h6-9,20-23,45-48,51,59H,1-5,10-19,24-39H2,(H,56,64)(H,57,65)(H,58,66)(H,61,70)(H,68,69)(H2,60,62,67)/t46-,47-,48-,51-/m0/s1. The highest BCUT2D eigenvalue weighted by molar-refractivity contribution is 8.00. The number of amides is 7. The maximum absolute atomic E-state index is 13.4. The molecule has 19 nitrogen and oxygen atoms in total. The largest absolute Gasteiger partial charge is 0.465 e. The molecule has 3 aliphatic rings. The van der Waals surface area contributed by atoms with Gasteiger partial charge in [0.2, 0.25) is 17.7 Å². The van der Waals surface area contributed by atoms with Gasteiger partial charge >= 0.3 is 18.2 Å². The van der Waals surface area contributed by atoms with Crippen LogP contribution in [0.3, 0.4) is 0 Å². The Morgan fingerprint density at radius 3 is 1.79 bits per heavy atom. The van der Waals surface area contributed by atoms with Crippen molar-refractivity contribution < 1.29 is 57.6 Å². The minimum absolute atomic E-state index is 0.0272. The number of ketones is 1. The summed E-state index contributed by atoms with van der Waals surface area (Å²) in [5, 5.41) is 28.9. The van der Waals surface area contributed by atoms with Gasteiger partial charge in [0.15, 0.2) is 0 Å². The molecule has 0 aromatic heterocycles. The van der Waals surface area contributed by atoms with Gasteiger partial charge in [0.25, 0.3) is 0 Å². The van der Waals surface area contributed by atoms with Crippen LogP contribution in [0.2, 0.25) is 0 Å². The first-order valence-corrected chi connectivity index (χ1v) is 28.5. The number of unbranched alkanes of at least 4 members (excludes halogenated alkanes) is 7. The molecule has 5 rings (SSSR count). The van der Waals surface area contributed by atoms with E-state index in [0.717, 1.165) is 79.4 Å². The molecule has 0 radical (unpaired) electrons. The second kappa shape index (κ2) is 35.7. The Bertz CT molecular complexity index is 2040. The Hall–Kier alpha value is -5.44. The second-order valence-corrected chi connectivity index (χ2v) is 20.7. The number of benzene rings is 2. The molecule has 0 unspecified atom stereocenters. The highest BCUT2D eigenvalue weighted by Crippen LogP contribution is 2.44. The second-order valence-electron chi connectivity index (χ2n) is 19.4. The fraction of sp³-hybridized carbons (Fsp3) is 0.655. The van der Waals surface area contributed by atoms with E-state index in [1.807, 2.05) is 48.2 Å². The molecule has 2 aromatic carbocycles. The smallest absolute Gasteiger partial charge is 0.407 e. The molecule has 0 bridgehead atoms. The number of thioether (sulfide) groups is 1. The van der Waals surface area contributed by atoms with E-state index < -0.39 is 18.2 Å². The molecule has 416 valence electrons. The van der Waals surface area contributed by atoms with Crippen LogP contribution in [-0.2, 0) is 38.1 Å². The number of Topliss-reactive ketones (excluding diaryl/α,β-unsaturated/α-hetero) is 1. The van der Waals surface area contributed by atoms with Gasteiger partial charge in [0.05, 0.1) is 38.5 Å². The van der Waals surface area contributed by atoms with E-state index in [9.17, 15) is 33.6 Å². The van der Waals surface area contributed by atoms with E-state index in [-0.39, 0.29) is 48.4 Å². The lowest BCUT2D eigenvalue weighted by atomic mass is 9.98. The average molecular weight is 1070 g/mol. The van der Waals surface area contributed by atoms with Gasteiger partial charge in [-0.1, -0.05) is 67.8 Å². The molecule has 7 amide bonds. The van der Waals surface area contributed by atoms with Crippen molar-refractivity contribution in [2.45, 2.75) is 151 Å². The van der Waals surface area contributed by atoms with Gasteiger partial charge < -0.3 is 61.3 Å². The Morgan fingerprint density at radius 1 is 0.600 bits per heavy atom. The molecule has 8 N–H and O–H groups in total. The molecule has 2 saturated heterocycles. The highest BCUT2D eigenvalue weighted by atomic mass is 32.2. The van der Waals surface area contributed by atoms with Gasteiger partial charge in [0, 0.05) is 82.0 Å². The molecule has 20 heteroatoms. The van der Waals surface area contributed by atoms with Crippen LogP contribution in [0.1, 0.15) is 139 Å². The molecule has 2 heterocycles. The van der Waals surface area contributed by atoms with Gasteiger partial charge in [0.1, 0.15) is 18.4 Å². The number of carboxylic acid groups (broad SMARTS) is 1. The molecule has 4 atom stereocenters. The summed E-state index contributed by atoms with van der Waals surface area (Å²) in [6, 6.07) is 15.7. The predicted octanol–water partition coefficient (Wildman–Crippen LogP) is 6.71. The van der Waals surface area contributed by atoms with E-state index in [1.165, 1.54) is 0 Å². The van der Waals surface area contributed by atoms with Crippen LogP contribution >= 0.6 is 11.8 Å². The maximum atomic E-state index is 13.4. The minimum atomic E-state index is -1.04. The summed E-state index contributed by atoms with van der Waals surface area (Å²) in [6.45, 7) is 4.52. The lowest BCUT2D eigenvalue weighted by molar-refractivity contribution is -0.123. The van der Waals surface area contributed by atoms with Crippen molar-refractivity contribution in [2.75, 3.05) is 78.2 Å². The van der Waals surface area contributed by atoms with E-state index in [2.05, 4.69) is 49.4 Å². The number of rotatable bonds is 41. The maximum Gasteiger partial charge on any atom is 0.407 e. The molecule has 0 spiro atoms. The molecule has 75 heavy (non-hydrogen) atoms. The topological polar surface area (TPSA) is 261 Å². The summed E-state index contributed by atoms with van der Waals surface area (Å²) < 4.78 is 22.8. The normalized spacial score (nSPS) is 16.7. The number of fused-ring (bicyclic) bond motifs is 4. The molecule has 0 saturated carbocycles. The zero-order chi connectivity index (χ0) is 53.3. The van der Waals surface area contributed by atoms with Crippen molar-refractivity contribution in [3.63, 3.8) is 0 Å². The minimum Gasteiger partial charge on any atom is -0.465 e. The molecule has 2 fully saturated rings. The van der Waals surface area contributed by atoms with Gasteiger partial charge in [-0.15, -0.1) is 0 Å². The number of nitrogens with one attached hydrogen (secondary N) is 7. The molecule has 2 aliphatic heterocycles. The third kappa shape index (κ3) is 23.6. The Morgan fingerprint density at radius 2 is 1.15 bits per heavy atom. The summed E-state index contributed by atoms with van der Waals surface area (Å²) in [7, 11) is 0. The lowest BCUT2D eigenvalue weighted by Crippen LogP contribution is -2.47. The van der Waals surface area contributed by atoms with E-state index >= 15 is 0 Å². The number of carbonyl (C=O) groups excluding carboxylic acids is 6. The van der Waals surface area contributed by atoms with Gasteiger partial charge in [-0.2, -0.15) is 11.8 Å². The Balaban J connectivity index is 0.880. The van der Waals surface area contributed by atoms with Gasteiger partial charge in [-0.05, 0) is 99.3 Å². The summed E-state index contributed by atoms with van der Waals surface area (Å²) >= 11 is 1.91. The first kappa shape index (κ1) is 60.4. The number of ether oxygens (including phenoxy) is 4. The summed E-state index contributed by atoms with van der Waals surface area (Å²) in [5.74, 6) is 0.712. The van der Waals surface area contributed by atoms with Crippen LogP contribution in [0.25, 0.3) is 11.1 Å². The first-order valence-electron chi connectivity index (χ1n) is 27.4. The Kier molecular flexibility index (Phi) is 28.8. The number of urea groups is 1. The van der Waals surface area contributed by atoms with Crippen LogP contribution in [-0.4, -0.2) is 148 Å². The van der Waals surface area contributed by atoms with Crippen molar-refractivity contribution in [3.05, 3.63) is 59.7 Å². The van der Waals surface area contributed by atoms with Crippen molar-refractivity contribution in [2.24, 2.45) is 0 Å². The number of hydrogen-bond acceptors (Lipinski definition) is 12. The zero-order valence-corrected chi connectivity index (χ0v) is 44.6. The van der Waals surface area contributed by atoms with Gasteiger partial charge in [-0.25, -0.2) is 14.4 Å². The summed E-state index contributed by atoms with van der Waals surface area (Å²) in [4.78, 5) is 85.6. The highest BCUT2D eigenvalue weighted by Gasteiger charge is 2.42. The lowest BCUT2D eigenvalue weighted by Gasteiger charge is -2.20. The average Bonchev–Trinajstić information content (AvgIpc) is 4.09. The number of carbonyl (C=O) groups is 7. The van der Waals surface area contributed by atoms with Gasteiger partial charge in [-0.3, -0.25) is 19.2 Å². The third-order valence-electron chi connectivity index (χ3n) is 13.6. The number of alkyl carbamates (subject to hydrolysis) is 1. The number of hydrogen-bond donors (Lipinski definition) is 8. The zero-order valence-electron chi connectivity index (χ0n) is 43.8. The van der Waals surface area contributed by atoms with E-state index in [0.29, 0.717) is 147 Å². The van der Waals surface area contributed by atoms with Crippen molar-refractivity contribution >= 4 is 53.5 Å². The molecule has 2 aromatic rings. The van der Waals surface area contributed by atoms with Crippen LogP contribution in [0.5, 0.6) is 0 Å². The molecular formula is C55H83N7O12S. The third-order valence-corrected chi connectivity index (χ3v) is 15.1. The summed E-state index contributed by atoms with van der Waals surface area (Å²) in [5.41, 5.74) is 4.42. The van der Waals surface area contributed by atoms with Crippen LogP contribution in [0, 0.1) is 0 Å². The monoisotopic (exact) mass is 1070 g/mol.